The summed E-state index contributed by atoms with van der Waals surface area (Å²) in [4.78, 5) is 14.7. The third kappa shape index (κ3) is 1.86. The molecular formula is C14H12N2O2. The lowest BCUT2D eigenvalue weighted by atomic mass is 10.0. The highest BCUT2D eigenvalue weighted by atomic mass is 16.6. The Balaban J connectivity index is 1.97. The van der Waals surface area contributed by atoms with E-state index in [1.807, 2.05) is 6.20 Å². The zero-order valence-electron chi connectivity index (χ0n) is 9.80. The fraction of sp³-hybridized carbons (Fsp3) is 0.214. The van der Waals surface area contributed by atoms with Gasteiger partial charge in [-0.2, -0.15) is 0 Å². The summed E-state index contributed by atoms with van der Waals surface area (Å²) in [5.74, 6) is 0. The van der Waals surface area contributed by atoms with Gasteiger partial charge in [0.05, 0.1) is 4.92 Å². The van der Waals surface area contributed by atoms with Crippen LogP contribution in [0.15, 0.2) is 36.5 Å². The first-order chi connectivity index (χ1) is 8.74. The van der Waals surface area contributed by atoms with Gasteiger partial charge in [0, 0.05) is 29.6 Å². The number of nitro benzene ring substituents is 1. The Morgan fingerprint density at radius 1 is 1.11 bits per heavy atom. The minimum Gasteiger partial charge on any atom is -0.260 e. The largest absolute Gasteiger partial charge is 0.269 e. The predicted octanol–water partition coefficient (Wildman–Crippen LogP) is 3.15. The zero-order valence-corrected chi connectivity index (χ0v) is 9.80. The topological polar surface area (TPSA) is 56.0 Å². The van der Waals surface area contributed by atoms with Gasteiger partial charge >= 0.3 is 0 Å². The first kappa shape index (κ1) is 10.9. The Kier molecular flexibility index (Phi) is 2.55. The normalized spacial score (nSPS) is 13.3. The van der Waals surface area contributed by atoms with Gasteiger partial charge in [-0.3, -0.25) is 15.1 Å². The van der Waals surface area contributed by atoms with Crippen LogP contribution in [0.25, 0.3) is 11.1 Å². The molecule has 2 aromatic rings. The average Bonchev–Trinajstić information content (AvgIpc) is 2.86. The van der Waals surface area contributed by atoms with Crippen LogP contribution in [0.3, 0.4) is 0 Å². The molecule has 4 nitrogen and oxygen atoms in total. The Morgan fingerprint density at radius 3 is 2.61 bits per heavy atom. The van der Waals surface area contributed by atoms with Crippen molar-refractivity contribution in [1.82, 2.24) is 4.98 Å². The van der Waals surface area contributed by atoms with Crippen LogP contribution in [0.1, 0.15) is 17.7 Å². The van der Waals surface area contributed by atoms with E-state index in [1.165, 1.54) is 29.8 Å². The first-order valence-electron chi connectivity index (χ1n) is 5.97. The van der Waals surface area contributed by atoms with Crippen LogP contribution in [0.4, 0.5) is 5.69 Å². The lowest BCUT2D eigenvalue weighted by molar-refractivity contribution is -0.384. The second-order valence-corrected chi connectivity index (χ2v) is 4.49. The van der Waals surface area contributed by atoms with Crippen LogP contribution < -0.4 is 0 Å². The molecule has 90 valence electrons. The summed E-state index contributed by atoms with van der Waals surface area (Å²) in [6.07, 6.45) is 5.18. The van der Waals surface area contributed by atoms with Crippen LogP contribution in [0, 0.1) is 10.1 Å². The van der Waals surface area contributed by atoms with Gasteiger partial charge in [0.2, 0.25) is 0 Å². The molecule has 1 aromatic carbocycles. The van der Waals surface area contributed by atoms with Gasteiger partial charge in [-0.25, -0.2) is 0 Å². The van der Waals surface area contributed by atoms with E-state index < -0.39 is 0 Å². The number of hydrogen-bond donors (Lipinski definition) is 0. The van der Waals surface area contributed by atoms with E-state index in [1.54, 1.807) is 12.1 Å². The summed E-state index contributed by atoms with van der Waals surface area (Å²) in [7, 11) is 0. The maximum Gasteiger partial charge on any atom is 0.269 e. The second kappa shape index (κ2) is 4.22. The molecule has 3 rings (SSSR count). The third-order valence-corrected chi connectivity index (χ3v) is 3.33. The summed E-state index contributed by atoms with van der Waals surface area (Å²) < 4.78 is 0. The highest BCUT2D eigenvalue weighted by molar-refractivity contribution is 5.65. The SMILES string of the molecule is O=[N+]([O-])c1ccc(-c2cnc3c(c2)CCC3)cc1. The molecule has 1 heterocycles. The van der Waals surface area contributed by atoms with Crippen molar-refractivity contribution in [2.75, 3.05) is 0 Å². The van der Waals surface area contributed by atoms with Gasteiger partial charge in [0.1, 0.15) is 0 Å². The van der Waals surface area contributed by atoms with Gasteiger partial charge < -0.3 is 0 Å². The molecule has 0 amide bonds. The molecule has 0 bridgehead atoms. The molecule has 1 aromatic heterocycles. The highest BCUT2D eigenvalue weighted by Gasteiger charge is 2.13. The molecule has 0 fully saturated rings. The number of hydrogen-bond acceptors (Lipinski definition) is 3. The van der Waals surface area contributed by atoms with Crippen molar-refractivity contribution >= 4 is 5.69 Å². The lowest BCUT2D eigenvalue weighted by Crippen LogP contribution is -1.90. The van der Waals surface area contributed by atoms with Crippen LogP contribution in [-0.2, 0) is 12.8 Å². The maximum atomic E-state index is 10.6. The number of benzene rings is 1. The molecular weight excluding hydrogens is 228 g/mol. The summed E-state index contributed by atoms with van der Waals surface area (Å²) in [5.41, 5.74) is 4.63. The number of aryl methyl sites for hydroxylation is 2. The minimum atomic E-state index is -0.384. The Morgan fingerprint density at radius 2 is 1.89 bits per heavy atom. The van der Waals surface area contributed by atoms with Crippen molar-refractivity contribution in [1.29, 1.82) is 0 Å². The molecule has 0 N–H and O–H groups in total. The number of fused-ring (bicyclic) bond motifs is 1. The fourth-order valence-electron chi connectivity index (χ4n) is 2.36. The van der Waals surface area contributed by atoms with Crippen molar-refractivity contribution < 1.29 is 4.92 Å². The van der Waals surface area contributed by atoms with Gasteiger partial charge in [0.15, 0.2) is 0 Å². The van der Waals surface area contributed by atoms with Crippen LogP contribution in [0.2, 0.25) is 0 Å². The average molecular weight is 240 g/mol. The third-order valence-electron chi connectivity index (χ3n) is 3.33. The van der Waals surface area contributed by atoms with E-state index in [2.05, 4.69) is 11.1 Å². The highest BCUT2D eigenvalue weighted by Crippen LogP contribution is 2.27. The molecule has 0 saturated heterocycles. The smallest absolute Gasteiger partial charge is 0.260 e. The molecule has 0 aliphatic heterocycles. The van der Waals surface area contributed by atoms with E-state index >= 15 is 0 Å². The van der Waals surface area contributed by atoms with E-state index in [4.69, 9.17) is 0 Å². The van der Waals surface area contributed by atoms with E-state index in [9.17, 15) is 10.1 Å². The fourth-order valence-corrected chi connectivity index (χ4v) is 2.36. The molecule has 0 radical (unpaired) electrons. The Labute approximate surface area is 104 Å². The monoisotopic (exact) mass is 240 g/mol. The van der Waals surface area contributed by atoms with Crippen molar-refractivity contribution in [3.63, 3.8) is 0 Å². The summed E-state index contributed by atoms with van der Waals surface area (Å²) in [6, 6.07) is 8.76. The minimum absolute atomic E-state index is 0.118. The van der Waals surface area contributed by atoms with Crippen molar-refractivity contribution in [3.8, 4) is 11.1 Å². The maximum absolute atomic E-state index is 10.6. The number of pyridine rings is 1. The van der Waals surface area contributed by atoms with Gasteiger partial charge in [-0.05, 0) is 48.6 Å². The number of nitro groups is 1. The van der Waals surface area contributed by atoms with Crippen molar-refractivity contribution in [3.05, 3.63) is 57.9 Å². The number of aromatic nitrogens is 1. The van der Waals surface area contributed by atoms with Crippen molar-refractivity contribution in [2.24, 2.45) is 0 Å². The standard InChI is InChI=1S/C14H12N2O2/c17-16(18)13-6-4-10(5-7-13)12-8-11-2-1-3-14(11)15-9-12/h4-9H,1-3H2. The lowest BCUT2D eigenvalue weighted by Gasteiger charge is -2.04. The van der Waals surface area contributed by atoms with Gasteiger partial charge in [-0.1, -0.05) is 0 Å². The summed E-state index contributed by atoms with van der Waals surface area (Å²) >= 11 is 0. The number of non-ortho nitro benzene ring substituents is 1. The first-order valence-corrected chi connectivity index (χ1v) is 5.97. The molecule has 1 aliphatic carbocycles. The molecule has 18 heavy (non-hydrogen) atoms. The van der Waals surface area contributed by atoms with E-state index in [0.29, 0.717) is 0 Å². The number of nitrogens with zero attached hydrogens (tertiary/aromatic N) is 2. The quantitative estimate of drug-likeness (QED) is 0.598. The van der Waals surface area contributed by atoms with Gasteiger partial charge in [0.25, 0.3) is 5.69 Å². The Hall–Kier alpha value is -2.23. The van der Waals surface area contributed by atoms with E-state index in [0.717, 1.165) is 24.0 Å². The predicted molar refractivity (Wildman–Crippen MR) is 68.4 cm³/mol. The molecule has 0 atom stereocenters. The molecule has 0 saturated carbocycles. The van der Waals surface area contributed by atoms with E-state index in [-0.39, 0.29) is 10.6 Å². The van der Waals surface area contributed by atoms with Crippen molar-refractivity contribution in [2.45, 2.75) is 19.3 Å². The van der Waals surface area contributed by atoms with Crippen LogP contribution in [0.5, 0.6) is 0 Å². The van der Waals surface area contributed by atoms with Crippen LogP contribution in [-0.4, -0.2) is 9.91 Å². The van der Waals surface area contributed by atoms with Crippen LogP contribution >= 0.6 is 0 Å². The molecule has 4 heteroatoms. The Bertz CT molecular complexity index is 606. The zero-order chi connectivity index (χ0) is 12.5. The number of rotatable bonds is 2. The molecule has 1 aliphatic rings. The summed E-state index contributed by atoms with van der Waals surface area (Å²) in [6.45, 7) is 0. The summed E-state index contributed by atoms with van der Waals surface area (Å²) in [5, 5.41) is 10.6. The molecule has 0 unspecified atom stereocenters. The molecule has 0 spiro atoms. The van der Waals surface area contributed by atoms with Gasteiger partial charge in [-0.15, -0.1) is 0 Å². The second-order valence-electron chi connectivity index (χ2n) is 4.49.